The minimum absolute atomic E-state index is 0.00758. The van der Waals surface area contributed by atoms with E-state index in [2.05, 4.69) is 10.6 Å². The molecule has 0 unspecified atom stereocenters. The number of aryl methyl sites for hydroxylation is 2. The molecular formula is C18H27N3O3. The van der Waals surface area contributed by atoms with Crippen molar-refractivity contribution in [2.24, 2.45) is 18.9 Å². The average molecular weight is 333 g/mol. The predicted octanol–water partition coefficient (Wildman–Crippen LogP) is 1.43. The number of hydrogen-bond donors (Lipinski definition) is 2. The molecule has 2 aliphatic rings. The van der Waals surface area contributed by atoms with Gasteiger partial charge in [-0.05, 0) is 57.2 Å². The van der Waals surface area contributed by atoms with Gasteiger partial charge in [0.1, 0.15) is 0 Å². The molecule has 0 bridgehead atoms. The van der Waals surface area contributed by atoms with Crippen molar-refractivity contribution in [2.45, 2.75) is 38.7 Å². The Balaban J connectivity index is 1.65. The largest absolute Gasteiger partial charge is 0.377 e. The summed E-state index contributed by atoms with van der Waals surface area (Å²) in [6.45, 7) is 4.62. The Bertz CT molecular complexity index is 649. The number of nitrogens with zero attached hydrogens (tertiary/aromatic N) is 1. The molecule has 0 aromatic carbocycles. The van der Waals surface area contributed by atoms with Gasteiger partial charge >= 0.3 is 0 Å². The van der Waals surface area contributed by atoms with Gasteiger partial charge in [-0.1, -0.05) is 0 Å². The van der Waals surface area contributed by atoms with Crippen LogP contribution in [-0.2, 0) is 16.6 Å². The second-order valence-corrected chi connectivity index (χ2v) is 7.04. The van der Waals surface area contributed by atoms with Crippen LogP contribution >= 0.6 is 0 Å². The first-order valence-corrected chi connectivity index (χ1v) is 8.85. The van der Waals surface area contributed by atoms with E-state index in [9.17, 15) is 9.59 Å². The molecule has 0 saturated carbocycles. The quantitative estimate of drug-likeness (QED) is 0.874. The number of anilines is 1. The first kappa shape index (κ1) is 17.2. The van der Waals surface area contributed by atoms with E-state index in [1.54, 1.807) is 19.3 Å². The number of carbonyl (C=O) groups excluding carboxylic acids is 1. The van der Waals surface area contributed by atoms with E-state index < -0.39 is 0 Å². The number of hydrogen-bond acceptors (Lipinski definition) is 4. The molecule has 0 spiro atoms. The Labute approximate surface area is 142 Å². The minimum Gasteiger partial charge on any atom is -0.377 e. The normalized spacial score (nSPS) is 24.9. The minimum atomic E-state index is -0.100. The number of pyridine rings is 1. The molecule has 6 heteroatoms. The predicted molar refractivity (Wildman–Crippen MR) is 93.1 cm³/mol. The van der Waals surface area contributed by atoms with E-state index in [0.29, 0.717) is 18.2 Å². The molecule has 24 heavy (non-hydrogen) atoms. The zero-order chi connectivity index (χ0) is 17.1. The summed E-state index contributed by atoms with van der Waals surface area (Å²) in [4.78, 5) is 24.4. The molecule has 132 valence electrons. The Hall–Kier alpha value is -1.66. The molecule has 3 heterocycles. The van der Waals surface area contributed by atoms with Crippen molar-refractivity contribution in [1.82, 2.24) is 9.88 Å². The van der Waals surface area contributed by atoms with Gasteiger partial charge < -0.3 is 19.9 Å². The van der Waals surface area contributed by atoms with Crippen molar-refractivity contribution >= 4 is 11.6 Å². The van der Waals surface area contributed by atoms with Crippen molar-refractivity contribution < 1.29 is 9.53 Å². The van der Waals surface area contributed by atoms with Crippen LogP contribution in [0.4, 0.5) is 5.69 Å². The Morgan fingerprint density at radius 2 is 2.12 bits per heavy atom. The van der Waals surface area contributed by atoms with Crippen LogP contribution in [-0.4, -0.2) is 36.3 Å². The van der Waals surface area contributed by atoms with Crippen molar-refractivity contribution in [3.05, 3.63) is 28.2 Å². The van der Waals surface area contributed by atoms with Crippen molar-refractivity contribution in [2.75, 3.05) is 25.0 Å². The summed E-state index contributed by atoms with van der Waals surface area (Å²) in [5, 5.41) is 6.37. The summed E-state index contributed by atoms with van der Waals surface area (Å²) in [6, 6.07) is 1.55. The van der Waals surface area contributed by atoms with Crippen molar-refractivity contribution in [1.29, 1.82) is 0 Å². The summed E-state index contributed by atoms with van der Waals surface area (Å²) in [5.41, 5.74) is 1.42. The summed E-state index contributed by atoms with van der Waals surface area (Å²) in [5.74, 6) is 0.550. The highest BCUT2D eigenvalue weighted by atomic mass is 16.5. The topological polar surface area (TPSA) is 72.4 Å². The number of nitrogens with one attached hydrogen (secondary N) is 2. The third-order valence-electron chi connectivity index (χ3n) is 5.26. The maximum absolute atomic E-state index is 12.7. The van der Waals surface area contributed by atoms with Crippen LogP contribution in [0.25, 0.3) is 0 Å². The third kappa shape index (κ3) is 3.87. The van der Waals surface area contributed by atoms with Crippen molar-refractivity contribution in [3.63, 3.8) is 0 Å². The number of amides is 1. The fraction of sp³-hybridized carbons (Fsp3) is 0.667. The van der Waals surface area contributed by atoms with E-state index in [1.165, 1.54) is 4.57 Å². The highest BCUT2D eigenvalue weighted by Crippen LogP contribution is 2.30. The van der Waals surface area contributed by atoms with E-state index in [-0.39, 0.29) is 23.5 Å². The van der Waals surface area contributed by atoms with Gasteiger partial charge in [-0.15, -0.1) is 0 Å². The number of piperidine rings is 1. The van der Waals surface area contributed by atoms with Gasteiger partial charge in [0.15, 0.2) is 0 Å². The monoisotopic (exact) mass is 333 g/mol. The molecule has 0 aliphatic carbocycles. The SMILES string of the molecule is Cc1cc(=O)n(C)cc1NC(=O)[C@@H]1CCO[C@@H]1CC1CCNCC1. The first-order valence-electron chi connectivity index (χ1n) is 8.85. The number of ether oxygens (including phenoxy) is 1. The first-order chi connectivity index (χ1) is 11.5. The zero-order valence-electron chi connectivity index (χ0n) is 14.5. The average Bonchev–Trinajstić information content (AvgIpc) is 3.02. The molecule has 2 aliphatic heterocycles. The molecule has 2 N–H and O–H groups in total. The zero-order valence-corrected chi connectivity index (χ0v) is 14.5. The molecule has 2 atom stereocenters. The lowest BCUT2D eigenvalue weighted by Gasteiger charge is -2.27. The van der Waals surface area contributed by atoms with Crippen LogP contribution in [0.5, 0.6) is 0 Å². The number of aromatic nitrogens is 1. The molecule has 2 fully saturated rings. The van der Waals surface area contributed by atoms with Crippen LogP contribution < -0.4 is 16.2 Å². The molecule has 3 rings (SSSR count). The number of rotatable bonds is 4. The molecule has 0 radical (unpaired) electrons. The fourth-order valence-corrected chi connectivity index (χ4v) is 3.71. The summed E-state index contributed by atoms with van der Waals surface area (Å²) < 4.78 is 7.35. The van der Waals surface area contributed by atoms with E-state index in [0.717, 1.165) is 44.3 Å². The number of carbonyl (C=O) groups is 1. The van der Waals surface area contributed by atoms with Gasteiger partial charge in [0.05, 0.1) is 17.7 Å². The van der Waals surface area contributed by atoms with Gasteiger partial charge in [0.2, 0.25) is 5.91 Å². The van der Waals surface area contributed by atoms with E-state index in [4.69, 9.17) is 4.74 Å². The highest BCUT2D eigenvalue weighted by Gasteiger charge is 2.36. The van der Waals surface area contributed by atoms with Gasteiger partial charge in [-0.2, -0.15) is 0 Å². The Morgan fingerprint density at radius 1 is 1.38 bits per heavy atom. The third-order valence-corrected chi connectivity index (χ3v) is 5.26. The lowest BCUT2D eigenvalue weighted by molar-refractivity contribution is -0.121. The lowest BCUT2D eigenvalue weighted by Crippen LogP contribution is -2.34. The second-order valence-electron chi connectivity index (χ2n) is 7.04. The highest BCUT2D eigenvalue weighted by molar-refractivity contribution is 5.93. The van der Waals surface area contributed by atoms with Gasteiger partial charge in [0, 0.05) is 25.9 Å². The van der Waals surface area contributed by atoms with E-state index >= 15 is 0 Å². The summed E-state index contributed by atoms with van der Waals surface area (Å²) >= 11 is 0. The lowest BCUT2D eigenvalue weighted by atomic mass is 9.87. The van der Waals surface area contributed by atoms with Gasteiger partial charge in [-0.3, -0.25) is 9.59 Å². The van der Waals surface area contributed by atoms with E-state index in [1.807, 2.05) is 6.92 Å². The maximum atomic E-state index is 12.7. The smallest absolute Gasteiger partial charge is 0.250 e. The van der Waals surface area contributed by atoms with Gasteiger partial charge in [0.25, 0.3) is 5.56 Å². The van der Waals surface area contributed by atoms with Crippen molar-refractivity contribution in [3.8, 4) is 0 Å². The van der Waals surface area contributed by atoms with Crippen LogP contribution in [0, 0.1) is 18.8 Å². The molecule has 1 amide bonds. The summed E-state index contributed by atoms with van der Waals surface area (Å²) in [6.07, 6.45) is 5.76. The van der Waals surface area contributed by atoms with Crippen LogP contribution in [0.3, 0.4) is 0 Å². The van der Waals surface area contributed by atoms with Crippen LogP contribution in [0.15, 0.2) is 17.1 Å². The molecule has 6 nitrogen and oxygen atoms in total. The van der Waals surface area contributed by atoms with Gasteiger partial charge in [-0.25, -0.2) is 0 Å². The summed E-state index contributed by atoms with van der Waals surface area (Å²) in [7, 11) is 1.69. The standard InChI is InChI=1S/C18H27N3O3/c1-12-9-17(22)21(2)11-15(12)20-18(23)14-5-8-24-16(14)10-13-3-6-19-7-4-13/h9,11,13-14,16,19H,3-8,10H2,1-2H3,(H,20,23)/t14-,16-/m1/s1. The van der Waals surface area contributed by atoms with Crippen LogP contribution in [0.1, 0.15) is 31.2 Å². The van der Waals surface area contributed by atoms with Crippen LogP contribution in [0.2, 0.25) is 0 Å². The molecular weight excluding hydrogens is 306 g/mol. The molecule has 1 aromatic heterocycles. The Kier molecular flexibility index (Phi) is 5.36. The molecule has 2 saturated heterocycles. The second kappa shape index (κ2) is 7.49. The molecule has 1 aromatic rings. The Morgan fingerprint density at radius 3 is 2.88 bits per heavy atom. The maximum Gasteiger partial charge on any atom is 0.250 e. The fourth-order valence-electron chi connectivity index (χ4n) is 3.71.